The van der Waals surface area contributed by atoms with Crippen LogP contribution >= 0.6 is 11.8 Å². The highest BCUT2D eigenvalue weighted by Crippen LogP contribution is 2.40. The molecule has 2 heterocycles. The lowest BCUT2D eigenvalue weighted by atomic mass is 10.0. The van der Waals surface area contributed by atoms with Crippen LogP contribution in [0.5, 0.6) is 0 Å². The molecule has 1 saturated carbocycles. The second-order valence-corrected chi connectivity index (χ2v) is 8.31. The van der Waals surface area contributed by atoms with Crippen molar-refractivity contribution in [2.75, 3.05) is 5.75 Å². The summed E-state index contributed by atoms with van der Waals surface area (Å²) in [6.45, 7) is 6.48. The van der Waals surface area contributed by atoms with Gasteiger partial charge in [-0.3, -0.25) is 14.3 Å². The van der Waals surface area contributed by atoms with Crippen molar-refractivity contribution in [2.45, 2.75) is 63.7 Å². The van der Waals surface area contributed by atoms with Crippen LogP contribution < -0.4 is 5.32 Å². The van der Waals surface area contributed by atoms with Gasteiger partial charge in [0.25, 0.3) is 0 Å². The molecule has 7 heteroatoms. The first-order valence-corrected chi connectivity index (χ1v) is 10.3. The molecule has 140 valence electrons. The molecule has 0 radical (unpaired) electrons. The minimum absolute atomic E-state index is 0.0575. The number of thioether (sulfide) groups is 1. The Kier molecular flexibility index (Phi) is 6.29. The summed E-state index contributed by atoms with van der Waals surface area (Å²) in [5, 5.41) is 12.6. The smallest absolute Gasteiger partial charge is 0.230 e. The van der Waals surface area contributed by atoms with Crippen LogP contribution in [-0.2, 0) is 4.79 Å². The van der Waals surface area contributed by atoms with Crippen LogP contribution in [0, 0.1) is 5.92 Å². The zero-order valence-electron chi connectivity index (χ0n) is 15.7. The van der Waals surface area contributed by atoms with Gasteiger partial charge in [0.2, 0.25) is 5.91 Å². The molecule has 0 aliphatic heterocycles. The number of hydrogen-bond donors (Lipinski definition) is 1. The summed E-state index contributed by atoms with van der Waals surface area (Å²) < 4.78 is 2.18. The largest absolute Gasteiger partial charge is 0.353 e. The standard InChI is InChI=1S/C19H27N5OS/c1-13(2)4-5-14(3)21-17(25)12-26-19-23-22-18(24(19)16-6-7-16)15-8-10-20-11-9-15/h8-11,13-14,16H,4-7,12H2,1-3H3,(H,21,25)/t14-/m0/s1. The van der Waals surface area contributed by atoms with Crippen molar-refractivity contribution < 1.29 is 4.79 Å². The monoisotopic (exact) mass is 373 g/mol. The van der Waals surface area contributed by atoms with E-state index in [0.29, 0.717) is 17.7 Å². The Morgan fingerprint density at radius 3 is 2.62 bits per heavy atom. The molecule has 3 rings (SSSR count). The maximum absolute atomic E-state index is 12.2. The minimum atomic E-state index is 0.0575. The van der Waals surface area contributed by atoms with E-state index < -0.39 is 0 Å². The van der Waals surface area contributed by atoms with Crippen LogP contribution in [0.2, 0.25) is 0 Å². The normalized spacial score (nSPS) is 15.2. The van der Waals surface area contributed by atoms with Gasteiger partial charge in [-0.1, -0.05) is 25.6 Å². The summed E-state index contributed by atoms with van der Waals surface area (Å²) in [5.41, 5.74) is 1.01. The molecule has 1 N–H and O–H groups in total. The van der Waals surface area contributed by atoms with Crippen molar-refractivity contribution in [3.63, 3.8) is 0 Å². The second-order valence-electron chi connectivity index (χ2n) is 7.37. The molecule has 2 aromatic rings. The van der Waals surface area contributed by atoms with E-state index in [0.717, 1.165) is 42.2 Å². The molecule has 6 nitrogen and oxygen atoms in total. The van der Waals surface area contributed by atoms with E-state index in [9.17, 15) is 4.79 Å². The minimum Gasteiger partial charge on any atom is -0.353 e. The van der Waals surface area contributed by atoms with Crippen molar-refractivity contribution >= 4 is 17.7 Å². The highest BCUT2D eigenvalue weighted by Gasteiger charge is 2.30. The average molecular weight is 374 g/mol. The molecule has 1 fully saturated rings. The fraction of sp³-hybridized carbons (Fsp3) is 0.579. The summed E-state index contributed by atoms with van der Waals surface area (Å²) in [7, 11) is 0. The molecule has 0 spiro atoms. The maximum atomic E-state index is 12.2. The first-order chi connectivity index (χ1) is 12.5. The van der Waals surface area contributed by atoms with E-state index in [2.05, 4.69) is 45.8 Å². The van der Waals surface area contributed by atoms with Gasteiger partial charge in [0.05, 0.1) is 5.75 Å². The van der Waals surface area contributed by atoms with Crippen molar-refractivity contribution in [2.24, 2.45) is 5.92 Å². The molecule has 1 amide bonds. The molecule has 26 heavy (non-hydrogen) atoms. The zero-order chi connectivity index (χ0) is 18.5. The molecule has 0 bridgehead atoms. The number of hydrogen-bond acceptors (Lipinski definition) is 5. The van der Waals surface area contributed by atoms with Crippen LogP contribution in [0.15, 0.2) is 29.7 Å². The van der Waals surface area contributed by atoms with Crippen molar-refractivity contribution in [3.8, 4) is 11.4 Å². The highest BCUT2D eigenvalue weighted by molar-refractivity contribution is 7.99. The number of pyridine rings is 1. The Morgan fingerprint density at radius 1 is 1.23 bits per heavy atom. The Bertz CT molecular complexity index is 727. The molecule has 1 aliphatic carbocycles. The van der Waals surface area contributed by atoms with E-state index in [-0.39, 0.29) is 11.9 Å². The first-order valence-electron chi connectivity index (χ1n) is 9.32. The third-order valence-corrected chi connectivity index (χ3v) is 5.37. The fourth-order valence-corrected chi connectivity index (χ4v) is 3.65. The molecular weight excluding hydrogens is 346 g/mol. The summed E-state index contributed by atoms with van der Waals surface area (Å²) in [4.78, 5) is 16.3. The number of carbonyl (C=O) groups is 1. The van der Waals surface area contributed by atoms with E-state index >= 15 is 0 Å². The lowest BCUT2D eigenvalue weighted by Crippen LogP contribution is -2.34. The van der Waals surface area contributed by atoms with Gasteiger partial charge in [0.15, 0.2) is 11.0 Å². The molecule has 1 atom stereocenters. The molecular formula is C19H27N5OS. The van der Waals surface area contributed by atoms with Crippen LogP contribution in [0.3, 0.4) is 0 Å². The van der Waals surface area contributed by atoms with Gasteiger partial charge < -0.3 is 5.32 Å². The van der Waals surface area contributed by atoms with Gasteiger partial charge in [-0.05, 0) is 50.7 Å². The van der Waals surface area contributed by atoms with Gasteiger partial charge in [-0.25, -0.2) is 0 Å². The predicted molar refractivity (Wildman–Crippen MR) is 104 cm³/mol. The highest BCUT2D eigenvalue weighted by atomic mass is 32.2. The number of nitrogens with one attached hydrogen (secondary N) is 1. The van der Waals surface area contributed by atoms with Crippen LogP contribution in [0.4, 0.5) is 0 Å². The molecule has 0 saturated heterocycles. The van der Waals surface area contributed by atoms with Crippen molar-refractivity contribution in [1.29, 1.82) is 0 Å². The predicted octanol–water partition coefficient (Wildman–Crippen LogP) is 3.71. The Labute approximate surface area is 159 Å². The number of aromatic nitrogens is 4. The number of carbonyl (C=O) groups excluding carboxylic acids is 1. The SMILES string of the molecule is CC(C)CC[C@H](C)NC(=O)CSc1nnc(-c2ccncc2)n1C1CC1. The van der Waals surface area contributed by atoms with Gasteiger partial charge >= 0.3 is 0 Å². The van der Waals surface area contributed by atoms with Crippen LogP contribution in [-0.4, -0.2) is 37.5 Å². The summed E-state index contributed by atoms with van der Waals surface area (Å²) in [5.74, 6) is 1.95. The summed E-state index contributed by atoms with van der Waals surface area (Å²) in [6, 6.07) is 4.55. The third-order valence-electron chi connectivity index (χ3n) is 4.43. The van der Waals surface area contributed by atoms with Crippen LogP contribution in [0.25, 0.3) is 11.4 Å². The van der Waals surface area contributed by atoms with Gasteiger partial charge in [-0.15, -0.1) is 10.2 Å². The maximum Gasteiger partial charge on any atom is 0.230 e. The lowest BCUT2D eigenvalue weighted by Gasteiger charge is -2.15. The summed E-state index contributed by atoms with van der Waals surface area (Å²) in [6.07, 6.45) is 7.95. The van der Waals surface area contributed by atoms with E-state index in [1.807, 2.05) is 12.1 Å². The van der Waals surface area contributed by atoms with Gasteiger partial charge in [0, 0.05) is 30.0 Å². The number of rotatable bonds is 9. The summed E-state index contributed by atoms with van der Waals surface area (Å²) >= 11 is 1.47. The number of nitrogens with zero attached hydrogens (tertiary/aromatic N) is 4. The van der Waals surface area contributed by atoms with Crippen molar-refractivity contribution in [3.05, 3.63) is 24.5 Å². The molecule has 2 aromatic heterocycles. The third kappa shape index (κ3) is 5.06. The number of amides is 1. The Morgan fingerprint density at radius 2 is 1.96 bits per heavy atom. The molecule has 0 aromatic carbocycles. The van der Waals surface area contributed by atoms with E-state index in [4.69, 9.17) is 0 Å². The van der Waals surface area contributed by atoms with E-state index in [1.54, 1.807) is 12.4 Å². The molecule has 0 unspecified atom stereocenters. The Hall–Kier alpha value is -1.89. The zero-order valence-corrected chi connectivity index (χ0v) is 16.5. The topological polar surface area (TPSA) is 72.7 Å². The Balaban J connectivity index is 1.60. The molecule has 1 aliphatic rings. The fourth-order valence-electron chi connectivity index (χ4n) is 2.84. The van der Waals surface area contributed by atoms with E-state index in [1.165, 1.54) is 11.8 Å². The van der Waals surface area contributed by atoms with Gasteiger partial charge in [0.1, 0.15) is 0 Å². The lowest BCUT2D eigenvalue weighted by molar-refractivity contribution is -0.119. The second kappa shape index (κ2) is 8.66. The van der Waals surface area contributed by atoms with Gasteiger partial charge in [-0.2, -0.15) is 0 Å². The van der Waals surface area contributed by atoms with Crippen LogP contribution in [0.1, 0.15) is 52.5 Å². The first kappa shape index (κ1) is 18.9. The van der Waals surface area contributed by atoms with Crippen molar-refractivity contribution in [1.82, 2.24) is 25.1 Å². The quantitative estimate of drug-likeness (QED) is 0.678. The average Bonchev–Trinajstić information content (AvgIpc) is 3.38.